The molecule has 31 heavy (non-hydrogen) atoms. The van der Waals surface area contributed by atoms with E-state index in [0.717, 1.165) is 29.0 Å². The quantitative estimate of drug-likeness (QED) is 0.780. The third-order valence-corrected chi connectivity index (χ3v) is 8.00. The number of hydrogen-bond acceptors (Lipinski definition) is 4. The largest absolute Gasteiger partial charge is 0.336 e. The molecular weight excluding hydrogens is 388 g/mol. The summed E-state index contributed by atoms with van der Waals surface area (Å²) in [5, 5.41) is 3.13. The van der Waals surface area contributed by atoms with Crippen LogP contribution in [0.15, 0.2) is 6.33 Å². The fraction of sp³-hybridized carbons (Fsp3) is 0.760. The van der Waals surface area contributed by atoms with Crippen molar-refractivity contribution in [3.63, 3.8) is 0 Å². The summed E-state index contributed by atoms with van der Waals surface area (Å²) in [4.78, 5) is 36.5. The van der Waals surface area contributed by atoms with Crippen molar-refractivity contribution in [2.45, 2.75) is 85.1 Å². The molecular formula is C25H36N4O2. The molecule has 1 aromatic rings. The van der Waals surface area contributed by atoms with Crippen molar-refractivity contribution in [2.75, 3.05) is 11.9 Å². The zero-order valence-electron chi connectivity index (χ0n) is 19.2. The van der Waals surface area contributed by atoms with Gasteiger partial charge in [-0.15, -0.1) is 0 Å². The molecule has 2 heterocycles. The molecule has 168 valence electrons. The Morgan fingerprint density at radius 3 is 2.35 bits per heavy atom. The van der Waals surface area contributed by atoms with Crippen LogP contribution in [-0.4, -0.2) is 33.2 Å². The van der Waals surface area contributed by atoms with Crippen molar-refractivity contribution in [2.24, 2.45) is 28.6 Å². The van der Waals surface area contributed by atoms with Crippen molar-refractivity contribution < 1.29 is 9.59 Å². The predicted octanol–water partition coefficient (Wildman–Crippen LogP) is 4.34. The standard InChI is InChI=1S/C25H36N4O2/c1-24(2,3)13-22(31)29-5-4-19-20(14-29)26-15-27-23(19)28-21(30)12-25-9-16-6-17(10-25)8-18(7-16)11-25/h15-18H,4-14H2,1-3H3,(H,26,27,28,30). The lowest BCUT2D eigenvalue weighted by Crippen LogP contribution is -2.47. The molecule has 4 fully saturated rings. The molecule has 4 aliphatic carbocycles. The molecule has 0 radical (unpaired) electrons. The first-order valence-electron chi connectivity index (χ1n) is 12.1. The number of fused-ring (bicyclic) bond motifs is 1. The van der Waals surface area contributed by atoms with Gasteiger partial charge in [0.1, 0.15) is 12.1 Å². The molecule has 6 rings (SSSR count). The molecule has 0 spiro atoms. The molecule has 0 unspecified atom stereocenters. The van der Waals surface area contributed by atoms with Crippen molar-refractivity contribution in [1.82, 2.24) is 14.9 Å². The van der Waals surface area contributed by atoms with Crippen molar-refractivity contribution in [3.05, 3.63) is 17.6 Å². The highest BCUT2D eigenvalue weighted by Crippen LogP contribution is 2.61. The Balaban J connectivity index is 1.25. The van der Waals surface area contributed by atoms with E-state index in [1.165, 1.54) is 44.9 Å². The second-order valence-corrected chi connectivity index (χ2v) is 12.1. The summed E-state index contributed by atoms with van der Waals surface area (Å²) >= 11 is 0. The van der Waals surface area contributed by atoms with Crippen LogP contribution in [0.1, 0.15) is 83.4 Å². The minimum absolute atomic E-state index is 0.0283. The maximum Gasteiger partial charge on any atom is 0.226 e. The lowest BCUT2D eigenvalue weighted by atomic mass is 9.49. The zero-order chi connectivity index (χ0) is 21.8. The van der Waals surface area contributed by atoms with Crippen molar-refractivity contribution >= 4 is 17.6 Å². The number of aromatic nitrogens is 2. The van der Waals surface area contributed by atoms with Gasteiger partial charge in [-0.3, -0.25) is 9.59 Å². The summed E-state index contributed by atoms with van der Waals surface area (Å²) < 4.78 is 0. The van der Waals surface area contributed by atoms with Crippen molar-refractivity contribution in [3.8, 4) is 0 Å². The number of amides is 2. The topological polar surface area (TPSA) is 75.2 Å². The van der Waals surface area contributed by atoms with Crippen LogP contribution >= 0.6 is 0 Å². The van der Waals surface area contributed by atoms with Gasteiger partial charge in [0.25, 0.3) is 0 Å². The van der Waals surface area contributed by atoms with Gasteiger partial charge in [0.15, 0.2) is 0 Å². The Kier molecular flexibility index (Phi) is 5.10. The second-order valence-electron chi connectivity index (χ2n) is 12.1. The van der Waals surface area contributed by atoms with Gasteiger partial charge in [0, 0.05) is 24.9 Å². The molecule has 1 aliphatic heterocycles. The van der Waals surface area contributed by atoms with Gasteiger partial charge in [-0.1, -0.05) is 20.8 Å². The zero-order valence-corrected chi connectivity index (χ0v) is 19.2. The van der Waals surface area contributed by atoms with E-state index in [-0.39, 0.29) is 22.6 Å². The molecule has 2 amide bonds. The maximum absolute atomic E-state index is 13.1. The molecule has 0 aromatic carbocycles. The number of carbonyl (C=O) groups excluding carboxylic acids is 2. The average Bonchev–Trinajstić information content (AvgIpc) is 2.65. The van der Waals surface area contributed by atoms with Crippen LogP contribution in [0.25, 0.3) is 0 Å². The first-order valence-corrected chi connectivity index (χ1v) is 12.1. The monoisotopic (exact) mass is 424 g/mol. The number of anilines is 1. The molecule has 6 heteroatoms. The van der Waals surface area contributed by atoms with Gasteiger partial charge in [-0.05, 0) is 73.5 Å². The highest BCUT2D eigenvalue weighted by Gasteiger charge is 2.51. The summed E-state index contributed by atoms with van der Waals surface area (Å²) in [6.07, 6.45) is 11.3. The SMILES string of the molecule is CC(C)(C)CC(=O)N1CCc2c(ncnc2NC(=O)CC23CC4CC(CC(C4)C2)C3)C1. The predicted molar refractivity (Wildman–Crippen MR) is 119 cm³/mol. The molecule has 1 N–H and O–H groups in total. The summed E-state index contributed by atoms with van der Waals surface area (Å²) in [6, 6.07) is 0. The number of nitrogens with one attached hydrogen (secondary N) is 1. The van der Waals surface area contributed by atoms with Gasteiger partial charge in [0.2, 0.25) is 11.8 Å². The maximum atomic E-state index is 13.1. The van der Waals surface area contributed by atoms with Gasteiger partial charge in [-0.2, -0.15) is 0 Å². The number of rotatable bonds is 4. The van der Waals surface area contributed by atoms with Crippen LogP contribution in [0.4, 0.5) is 5.82 Å². The van der Waals surface area contributed by atoms with E-state index < -0.39 is 0 Å². The summed E-state index contributed by atoms with van der Waals surface area (Å²) in [6.45, 7) is 7.42. The lowest BCUT2D eigenvalue weighted by Gasteiger charge is -2.56. The van der Waals surface area contributed by atoms with Crippen LogP contribution in [0.3, 0.4) is 0 Å². The van der Waals surface area contributed by atoms with Gasteiger partial charge in [0.05, 0.1) is 12.2 Å². The minimum Gasteiger partial charge on any atom is -0.336 e. The fourth-order valence-electron chi connectivity index (χ4n) is 7.26. The van der Waals surface area contributed by atoms with E-state index in [1.54, 1.807) is 0 Å². The van der Waals surface area contributed by atoms with E-state index in [2.05, 4.69) is 36.1 Å². The Bertz CT molecular complexity index is 853. The van der Waals surface area contributed by atoms with Gasteiger partial charge in [-0.25, -0.2) is 9.97 Å². The molecule has 0 atom stereocenters. The molecule has 5 aliphatic rings. The first-order chi connectivity index (χ1) is 14.7. The van der Waals surface area contributed by atoms with Crippen LogP contribution in [-0.2, 0) is 22.6 Å². The normalized spacial score (nSPS) is 31.5. The van der Waals surface area contributed by atoms with E-state index in [9.17, 15) is 9.59 Å². The highest BCUT2D eigenvalue weighted by atomic mass is 16.2. The molecule has 4 bridgehead atoms. The van der Waals surface area contributed by atoms with Gasteiger partial charge < -0.3 is 10.2 Å². The molecule has 1 aromatic heterocycles. The van der Waals surface area contributed by atoms with Gasteiger partial charge >= 0.3 is 0 Å². The minimum atomic E-state index is -0.0283. The van der Waals surface area contributed by atoms with Crippen LogP contribution in [0.2, 0.25) is 0 Å². The summed E-state index contributed by atoms with van der Waals surface area (Å²) in [5.41, 5.74) is 2.07. The fourth-order valence-corrected chi connectivity index (χ4v) is 7.26. The number of hydrogen-bond donors (Lipinski definition) is 1. The van der Waals surface area contributed by atoms with Crippen LogP contribution in [0, 0.1) is 28.6 Å². The third kappa shape index (κ3) is 4.35. The summed E-state index contributed by atoms with van der Waals surface area (Å²) in [5.74, 6) is 3.48. The Labute approximate surface area is 185 Å². The Hall–Kier alpha value is -1.98. The Morgan fingerprint density at radius 1 is 1.10 bits per heavy atom. The molecule has 0 saturated heterocycles. The first kappa shape index (κ1) is 20.9. The third-order valence-electron chi connectivity index (χ3n) is 8.00. The average molecular weight is 425 g/mol. The second kappa shape index (κ2) is 7.56. The van der Waals surface area contributed by atoms with Crippen molar-refractivity contribution in [1.29, 1.82) is 0 Å². The van der Waals surface area contributed by atoms with E-state index in [4.69, 9.17) is 0 Å². The summed E-state index contributed by atoms with van der Waals surface area (Å²) in [7, 11) is 0. The van der Waals surface area contributed by atoms with E-state index in [0.29, 0.717) is 38.2 Å². The number of carbonyl (C=O) groups is 2. The van der Waals surface area contributed by atoms with Crippen LogP contribution in [0.5, 0.6) is 0 Å². The smallest absolute Gasteiger partial charge is 0.226 e. The van der Waals surface area contributed by atoms with E-state index in [1.807, 2.05) is 4.90 Å². The lowest BCUT2D eigenvalue weighted by molar-refractivity contribution is -0.134. The highest BCUT2D eigenvalue weighted by molar-refractivity contribution is 5.91. The molecule has 6 nitrogen and oxygen atoms in total. The number of nitrogens with zero attached hydrogens (tertiary/aromatic N) is 3. The Morgan fingerprint density at radius 2 is 1.74 bits per heavy atom. The van der Waals surface area contributed by atoms with Crippen LogP contribution < -0.4 is 5.32 Å². The van der Waals surface area contributed by atoms with E-state index >= 15 is 0 Å². The molecule has 4 saturated carbocycles.